The molecular weight excluding hydrogens is 230 g/mol. The van der Waals surface area contributed by atoms with Crippen LogP contribution in [0.5, 0.6) is 0 Å². The molecule has 1 aromatic carbocycles. The molecule has 1 aromatic rings. The average Bonchev–Trinajstić information content (AvgIpc) is 2.24. The van der Waals surface area contributed by atoms with Gasteiger partial charge in [-0.05, 0) is 37.0 Å². The zero-order valence-electron chi connectivity index (χ0n) is 8.60. The van der Waals surface area contributed by atoms with Crippen molar-refractivity contribution in [1.82, 2.24) is 0 Å². The van der Waals surface area contributed by atoms with Crippen molar-refractivity contribution in [2.24, 2.45) is 5.18 Å². The van der Waals surface area contributed by atoms with Crippen LogP contribution < -0.4 is 0 Å². The van der Waals surface area contributed by atoms with Crippen LogP contribution in [0.15, 0.2) is 29.4 Å². The van der Waals surface area contributed by atoms with Gasteiger partial charge in [-0.15, -0.1) is 4.91 Å². The number of hydrogen-bond acceptors (Lipinski definition) is 3. The number of benzene rings is 1. The van der Waals surface area contributed by atoms with Crippen LogP contribution >= 0.6 is 11.6 Å². The fraction of sp³-hybridized carbons (Fsp3) is 0.364. The summed E-state index contributed by atoms with van der Waals surface area (Å²) < 4.78 is 0. The van der Waals surface area contributed by atoms with Crippen molar-refractivity contribution >= 4 is 17.6 Å². The van der Waals surface area contributed by atoms with E-state index in [9.17, 15) is 9.70 Å². The van der Waals surface area contributed by atoms with Gasteiger partial charge in [0, 0.05) is 5.02 Å². The molecule has 1 atom stereocenters. The van der Waals surface area contributed by atoms with Crippen LogP contribution in [0, 0.1) is 4.91 Å². The minimum atomic E-state index is -1.17. The quantitative estimate of drug-likeness (QED) is 0.779. The number of carbonyl (C=O) groups is 1. The Bertz CT molecular complexity index is 381. The number of rotatable bonds is 6. The molecule has 0 aliphatic rings. The van der Waals surface area contributed by atoms with Crippen molar-refractivity contribution in [2.75, 3.05) is 0 Å². The summed E-state index contributed by atoms with van der Waals surface area (Å²) in [5.41, 5.74) is 1.03. The molecule has 0 saturated heterocycles. The number of carboxylic acids is 1. The summed E-state index contributed by atoms with van der Waals surface area (Å²) in [7, 11) is 0. The molecule has 1 rings (SSSR count). The van der Waals surface area contributed by atoms with E-state index in [0.717, 1.165) is 5.56 Å². The highest BCUT2D eigenvalue weighted by Crippen LogP contribution is 2.14. The van der Waals surface area contributed by atoms with Crippen molar-refractivity contribution in [3.63, 3.8) is 0 Å². The SMILES string of the molecule is O=NC(CCCc1cccc(Cl)c1)C(=O)O. The van der Waals surface area contributed by atoms with Crippen molar-refractivity contribution in [2.45, 2.75) is 25.3 Å². The van der Waals surface area contributed by atoms with Crippen LogP contribution in [0.1, 0.15) is 18.4 Å². The van der Waals surface area contributed by atoms with E-state index < -0.39 is 12.0 Å². The fourth-order valence-electron chi connectivity index (χ4n) is 1.41. The van der Waals surface area contributed by atoms with Crippen LogP contribution in [0.25, 0.3) is 0 Å². The molecule has 0 radical (unpaired) electrons. The fourth-order valence-corrected chi connectivity index (χ4v) is 1.63. The lowest BCUT2D eigenvalue weighted by atomic mass is 10.1. The van der Waals surface area contributed by atoms with Crippen LogP contribution in [0.4, 0.5) is 0 Å². The van der Waals surface area contributed by atoms with Gasteiger partial charge in [-0.3, -0.25) is 0 Å². The molecule has 0 aliphatic heterocycles. The van der Waals surface area contributed by atoms with E-state index in [2.05, 4.69) is 5.18 Å². The molecule has 4 nitrogen and oxygen atoms in total. The summed E-state index contributed by atoms with van der Waals surface area (Å²) >= 11 is 5.80. The third-order valence-electron chi connectivity index (χ3n) is 2.24. The van der Waals surface area contributed by atoms with Crippen molar-refractivity contribution < 1.29 is 9.90 Å². The Morgan fingerprint density at radius 1 is 1.50 bits per heavy atom. The Morgan fingerprint density at radius 3 is 2.81 bits per heavy atom. The van der Waals surface area contributed by atoms with Crippen LogP contribution in [-0.4, -0.2) is 17.1 Å². The van der Waals surface area contributed by atoms with Crippen LogP contribution in [0.2, 0.25) is 5.02 Å². The molecule has 5 heteroatoms. The molecule has 0 aliphatic carbocycles. The number of nitroso groups, excluding NO2 is 1. The molecule has 1 N–H and O–H groups in total. The number of halogens is 1. The minimum absolute atomic E-state index is 0.255. The Labute approximate surface area is 98.2 Å². The molecule has 16 heavy (non-hydrogen) atoms. The first-order valence-corrected chi connectivity index (χ1v) is 5.31. The summed E-state index contributed by atoms with van der Waals surface area (Å²) in [5, 5.41) is 11.8. The predicted molar refractivity (Wildman–Crippen MR) is 61.6 cm³/mol. The highest BCUT2D eigenvalue weighted by atomic mass is 35.5. The van der Waals surface area contributed by atoms with Crippen LogP contribution in [0.3, 0.4) is 0 Å². The molecule has 86 valence electrons. The Balaban J connectivity index is 2.41. The Morgan fingerprint density at radius 2 is 2.25 bits per heavy atom. The van der Waals surface area contributed by atoms with Gasteiger partial charge in [-0.1, -0.05) is 28.9 Å². The molecule has 0 saturated carbocycles. The van der Waals surface area contributed by atoms with E-state index >= 15 is 0 Å². The van der Waals surface area contributed by atoms with E-state index in [0.29, 0.717) is 17.9 Å². The Hall–Kier alpha value is -1.42. The van der Waals surface area contributed by atoms with Gasteiger partial charge in [0.05, 0.1) is 0 Å². The van der Waals surface area contributed by atoms with Crippen LogP contribution in [-0.2, 0) is 11.2 Å². The van der Waals surface area contributed by atoms with E-state index in [4.69, 9.17) is 16.7 Å². The number of aliphatic carboxylic acids is 1. The topological polar surface area (TPSA) is 66.7 Å². The Kier molecular flexibility index (Phi) is 4.92. The van der Waals surface area contributed by atoms with E-state index in [-0.39, 0.29) is 6.42 Å². The van der Waals surface area contributed by atoms with Gasteiger partial charge < -0.3 is 5.11 Å². The van der Waals surface area contributed by atoms with Gasteiger partial charge in [0.15, 0.2) is 6.04 Å². The normalized spacial score (nSPS) is 12.1. The molecule has 0 fully saturated rings. The van der Waals surface area contributed by atoms with Crippen molar-refractivity contribution in [1.29, 1.82) is 0 Å². The standard InChI is InChI=1S/C11H12ClNO3/c12-9-5-1-3-8(7-9)4-2-6-10(13-16)11(14)15/h1,3,5,7,10H,2,4,6H2,(H,14,15). The maximum absolute atomic E-state index is 10.5. The minimum Gasteiger partial charge on any atom is -0.480 e. The second-order valence-electron chi connectivity index (χ2n) is 3.48. The first kappa shape index (κ1) is 12.6. The highest BCUT2D eigenvalue weighted by molar-refractivity contribution is 6.30. The molecule has 0 heterocycles. The van der Waals surface area contributed by atoms with Crippen molar-refractivity contribution in [3.8, 4) is 0 Å². The predicted octanol–water partition coefficient (Wildman–Crippen LogP) is 2.88. The largest absolute Gasteiger partial charge is 0.480 e. The number of aryl methyl sites for hydroxylation is 1. The van der Waals surface area contributed by atoms with E-state index in [1.54, 1.807) is 6.07 Å². The summed E-state index contributed by atoms with van der Waals surface area (Å²) in [5.74, 6) is -1.17. The summed E-state index contributed by atoms with van der Waals surface area (Å²) in [6.45, 7) is 0. The first-order chi connectivity index (χ1) is 7.63. The van der Waals surface area contributed by atoms with Gasteiger partial charge in [0.25, 0.3) is 0 Å². The lowest BCUT2D eigenvalue weighted by Crippen LogP contribution is -2.17. The first-order valence-electron chi connectivity index (χ1n) is 4.93. The van der Waals surface area contributed by atoms with Gasteiger partial charge >= 0.3 is 5.97 Å². The lowest BCUT2D eigenvalue weighted by Gasteiger charge is -2.04. The molecular formula is C11H12ClNO3. The number of nitrogens with zero attached hydrogens (tertiary/aromatic N) is 1. The summed E-state index contributed by atoms with van der Waals surface area (Å²) in [6, 6.07) is 6.21. The highest BCUT2D eigenvalue weighted by Gasteiger charge is 2.16. The second kappa shape index (κ2) is 6.23. The molecule has 0 bridgehead atoms. The summed E-state index contributed by atoms with van der Waals surface area (Å²) in [6.07, 6.45) is 1.55. The molecule has 1 unspecified atom stereocenters. The zero-order valence-corrected chi connectivity index (χ0v) is 9.35. The molecule has 0 aromatic heterocycles. The second-order valence-corrected chi connectivity index (χ2v) is 3.92. The third kappa shape index (κ3) is 3.98. The third-order valence-corrected chi connectivity index (χ3v) is 2.48. The number of hydrogen-bond donors (Lipinski definition) is 1. The van der Waals surface area contributed by atoms with Gasteiger partial charge in [-0.25, -0.2) is 4.79 Å². The number of carboxylic acid groups (broad SMARTS) is 1. The van der Waals surface area contributed by atoms with Gasteiger partial charge in [0.1, 0.15) is 0 Å². The monoisotopic (exact) mass is 241 g/mol. The van der Waals surface area contributed by atoms with Gasteiger partial charge in [0.2, 0.25) is 0 Å². The lowest BCUT2D eigenvalue weighted by molar-refractivity contribution is -0.138. The van der Waals surface area contributed by atoms with Gasteiger partial charge in [-0.2, -0.15) is 0 Å². The van der Waals surface area contributed by atoms with Crippen molar-refractivity contribution in [3.05, 3.63) is 39.8 Å². The molecule has 0 amide bonds. The maximum atomic E-state index is 10.5. The average molecular weight is 242 g/mol. The smallest absolute Gasteiger partial charge is 0.332 e. The molecule has 0 spiro atoms. The summed E-state index contributed by atoms with van der Waals surface area (Å²) in [4.78, 5) is 20.7. The van der Waals surface area contributed by atoms with E-state index in [1.165, 1.54) is 0 Å². The van der Waals surface area contributed by atoms with E-state index in [1.807, 2.05) is 18.2 Å². The maximum Gasteiger partial charge on any atom is 0.332 e. The zero-order chi connectivity index (χ0) is 12.0.